The lowest BCUT2D eigenvalue weighted by Crippen LogP contribution is -2.53. The Morgan fingerprint density at radius 2 is 2.00 bits per heavy atom. The first-order valence-electron chi connectivity index (χ1n) is 5.74. The molecule has 0 aromatic rings. The van der Waals surface area contributed by atoms with Crippen LogP contribution in [0.3, 0.4) is 0 Å². The molecule has 2 fully saturated rings. The van der Waals surface area contributed by atoms with Crippen molar-refractivity contribution in [3.8, 4) is 0 Å². The smallest absolute Gasteiger partial charge is 0.0986 e. The van der Waals surface area contributed by atoms with Crippen LogP contribution in [0.1, 0.15) is 29.1 Å². The van der Waals surface area contributed by atoms with Gasteiger partial charge in [0.15, 0.2) is 0 Å². The fraction of sp³-hybridized carbons (Fsp3) is 1.00. The van der Waals surface area contributed by atoms with Gasteiger partial charge in [-0.1, -0.05) is 13.8 Å². The van der Waals surface area contributed by atoms with Crippen molar-refractivity contribution < 1.29 is 10.9 Å². The molecule has 2 atom stereocenters. The summed E-state index contributed by atoms with van der Waals surface area (Å²) >= 11 is 0. The van der Waals surface area contributed by atoms with Crippen LogP contribution in [0.5, 0.6) is 0 Å². The summed E-state index contributed by atoms with van der Waals surface area (Å²) in [5.74, 6) is 0. The van der Waals surface area contributed by atoms with Crippen LogP contribution >= 0.6 is 0 Å². The van der Waals surface area contributed by atoms with Crippen LogP contribution in [0, 0.1) is 0 Å². The second-order valence-electron chi connectivity index (χ2n) is 3.85. The Labute approximate surface area is 88.9 Å². The van der Waals surface area contributed by atoms with E-state index in [1.165, 1.54) is 0 Å². The summed E-state index contributed by atoms with van der Waals surface area (Å²) in [6.07, 6.45) is 0.334. The molecule has 2 aliphatic heterocycles. The quantitative estimate of drug-likeness (QED) is 0.648. The maximum atomic E-state index is 5.62. The van der Waals surface area contributed by atoms with E-state index in [1.54, 1.807) is 0 Å². The van der Waals surface area contributed by atoms with Crippen LogP contribution < -0.4 is 0 Å². The lowest BCUT2D eigenvalue weighted by Gasteiger charge is -2.38. The highest BCUT2D eigenvalue weighted by molar-refractivity contribution is 4.89. The molecule has 0 bridgehead atoms. The molecule has 14 heavy (non-hydrogen) atoms. The predicted molar refractivity (Wildman–Crippen MR) is 59.7 cm³/mol. The van der Waals surface area contributed by atoms with Gasteiger partial charge in [-0.2, -0.15) is 0 Å². The molecule has 2 rings (SSSR count). The van der Waals surface area contributed by atoms with Crippen molar-refractivity contribution in [3.63, 3.8) is 0 Å². The third-order valence-electron chi connectivity index (χ3n) is 2.77. The Morgan fingerprint density at radius 1 is 1.29 bits per heavy atom. The Morgan fingerprint density at radius 3 is 2.64 bits per heavy atom. The molecule has 0 spiro atoms. The summed E-state index contributed by atoms with van der Waals surface area (Å²) < 4.78 is 11.0. The number of hydrogen-bond acceptors (Lipinski definition) is 3. The van der Waals surface area contributed by atoms with Gasteiger partial charge in [0.25, 0.3) is 0 Å². The van der Waals surface area contributed by atoms with E-state index >= 15 is 0 Å². The van der Waals surface area contributed by atoms with Crippen molar-refractivity contribution in [3.05, 3.63) is 0 Å². The van der Waals surface area contributed by atoms with Crippen LogP contribution in [-0.4, -0.2) is 49.5 Å². The number of nitrogens with zero attached hydrogens (tertiary/aromatic N) is 1. The van der Waals surface area contributed by atoms with E-state index in [-0.39, 0.29) is 1.43 Å². The van der Waals surface area contributed by atoms with Crippen LogP contribution in [0.15, 0.2) is 0 Å². The van der Waals surface area contributed by atoms with Crippen LogP contribution in [-0.2, 0) is 9.47 Å². The third-order valence-corrected chi connectivity index (χ3v) is 2.77. The van der Waals surface area contributed by atoms with Crippen LogP contribution in [0.4, 0.5) is 0 Å². The van der Waals surface area contributed by atoms with Crippen molar-refractivity contribution in [2.45, 2.75) is 45.9 Å². The lowest BCUT2D eigenvalue weighted by atomic mass is 10.1. The summed E-state index contributed by atoms with van der Waals surface area (Å²) in [7, 11) is 0. The molecular formula is C11H25NO2. The third kappa shape index (κ3) is 2.47. The first kappa shape index (κ1) is 12.0. The fourth-order valence-corrected chi connectivity index (χ4v) is 2.11. The molecule has 86 valence electrons. The summed E-state index contributed by atoms with van der Waals surface area (Å²) in [6.45, 7) is 12.0. The monoisotopic (exact) mass is 203 g/mol. The van der Waals surface area contributed by atoms with E-state index < -0.39 is 0 Å². The summed E-state index contributed by atoms with van der Waals surface area (Å²) in [5, 5.41) is 0. The van der Waals surface area contributed by atoms with Gasteiger partial charge in [0.2, 0.25) is 0 Å². The molecule has 2 heterocycles. The van der Waals surface area contributed by atoms with E-state index in [0.29, 0.717) is 18.2 Å². The zero-order chi connectivity index (χ0) is 10.6. The molecule has 3 heteroatoms. The minimum Gasteiger partial charge on any atom is -0.377 e. The van der Waals surface area contributed by atoms with Gasteiger partial charge in [-0.05, 0) is 13.8 Å². The number of fused-ring (bicyclic) bond motifs is 1. The Balaban J connectivity index is 0.000000617. The van der Waals surface area contributed by atoms with E-state index in [4.69, 9.17) is 9.47 Å². The number of hydrogen-bond donors (Lipinski definition) is 0. The molecule has 0 amide bonds. The minimum absolute atomic E-state index is 0. The lowest BCUT2D eigenvalue weighted by molar-refractivity contribution is -0.0588. The molecule has 0 aromatic heterocycles. The average molecular weight is 203 g/mol. The SMILES string of the molecule is CC.CC(C)N1CCO[C@H]2COCC21.[HH]. The van der Waals surface area contributed by atoms with Crippen LogP contribution in [0.25, 0.3) is 0 Å². The maximum Gasteiger partial charge on any atom is 0.0986 e. The first-order chi connectivity index (χ1) is 6.79. The average Bonchev–Trinajstić information content (AvgIpc) is 2.67. The van der Waals surface area contributed by atoms with Gasteiger partial charge in [0.1, 0.15) is 0 Å². The molecule has 0 aliphatic carbocycles. The van der Waals surface area contributed by atoms with Crippen molar-refractivity contribution >= 4 is 0 Å². The van der Waals surface area contributed by atoms with Crippen molar-refractivity contribution in [2.75, 3.05) is 26.4 Å². The zero-order valence-corrected chi connectivity index (χ0v) is 9.82. The first-order valence-corrected chi connectivity index (χ1v) is 5.74. The zero-order valence-electron chi connectivity index (χ0n) is 9.82. The summed E-state index contributed by atoms with van der Waals surface area (Å²) in [5.41, 5.74) is 0. The van der Waals surface area contributed by atoms with Crippen molar-refractivity contribution in [1.82, 2.24) is 4.90 Å². The topological polar surface area (TPSA) is 21.7 Å². The molecule has 0 aromatic carbocycles. The summed E-state index contributed by atoms with van der Waals surface area (Å²) in [6, 6.07) is 1.13. The van der Waals surface area contributed by atoms with Gasteiger partial charge in [-0.3, -0.25) is 4.90 Å². The Hall–Kier alpha value is -0.120. The number of ether oxygens (including phenoxy) is 2. The molecule has 2 aliphatic rings. The van der Waals surface area contributed by atoms with Gasteiger partial charge < -0.3 is 9.47 Å². The van der Waals surface area contributed by atoms with Crippen molar-refractivity contribution in [2.24, 2.45) is 0 Å². The fourth-order valence-electron chi connectivity index (χ4n) is 2.11. The van der Waals surface area contributed by atoms with Crippen LogP contribution in [0.2, 0.25) is 0 Å². The van der Waals surface area contributed by atoms with Crippen molar-refractivity contribution in [1.29, 1.82) is 0 Å². The Kier molecular flexibility index (Phi) is 4.85. The Bertz CT molecular complexity index is 167. The van der Waals surface area contributed by atoms with Gasteiger partial charge in [0, 0.05) is 14.0 Å². The van der Waals surface area contributed by atoms with Gasteiger partial charge in [-0.15, -0.1) is 0 Å². The minimum atomic E-state index is 0. The van der Waals surface area contributed by atoms with E-state index in [0.717, 1.165) is 26.4 Å². The highest BCUT2D eigenvalue weighted by atomic mass is 16.6. The second kappa shape index (κ2) is 5.69. The predicted octanol–water partition coefficient (Wildman–Crippen LogP) is 1.77. The summed E-state index contributed by atoms with van der Waals surface area (Å²) in [4.78, 5) is 2.49. The van der Waals surface area contributed by atoms with E-state index in [2.05, 4.69) is 18.7 Å². The maximum absolute atomic E-state index is 5.62. The van der Waals surface area contributed by atoms with E-state index in [9.17, 15) is 0 Å². The largest absolute Gasteiger partial charge is 0.377 e. The van der Waals surface area contributed by atoms with Gasteiger partial charge >= 0.3 is 0 Å². The highest BCUT2D eigenvalue weighted by Gasteiger charge is 2.37. The normalized spacial score (nSPS) is 32.4. The molecule has 0 N–H and O–H groups in total. The standard InChI is InChI=1S/C9H17NO2.C2H6.H2/c1-7(2)10-3-4-12-9-6-11-5-8(9)10;1-2;/h7-9H,3-6H2,1-2H3;1-2H3;1H/t8?,9-;;/m0../s1. The van der Waals surface area contributed by atoms with E-state index in [1.807, 2.05) is 13.8 Å². The highest BCUT2D eigenvalue weighted by Crippen LogP contribution is 2.22. The van der Waals surface area contributed by atoms with Gasteiger partial charge in [0.05, 0.1) is 32.0 Å². The molecule has 3 nitrogen and oxygen atoms in total. The molecule has 0 radical (unpaired) electrons. The molecular weight excluding hydrogens is 178 g/mol. The second-order valence-corrected chi connectivity index (χ2v) is 3.85. The number of rotatable bonds is 1. The van der Waals surface area contributed by atoms with Gasteiger partial charge in [-0.25, -0.2) is 0 Å². The number of morpholine rings is 1. The molecule has 2 saturated heterocycles. The molecule has 0 saturated carbocycles. The molecule has 1 unspecified atom stereocenters.